The summed E-state index contributed by atoms with van der Waals surface area (Å²) >= 11 is 0. The molecule has 2 atom stereocenters. The zero-order valence-corrected chi connectivity index (χ0v) is 11.7. The molecule has 0 fully saturated rings. The highest BCUT2D eigenvalue weighted by Gasteiger charge is 2.32. The van der Waals surface area contributed by atoms with E-state index in [0.717, 1.165) is 18.2 Å². The Balaban J connectivity index is 2.19. The van der Waals surface area contributed by atoms with Gasteiger partial charge in [-0.1, -0.05) is 18.2 Å². The van der Waals surface area contributed by atoms with E-state index >= 15 is 0 Å². The number of nitrogens with one attached hydrogen (secondary N) is 1. The average molecular weight is 321 g/mol. The zero-order chi connectivity index (χ0) is 15.7. The van der Waals surface area contributed by atoms with Crippen molar-refractivity contribution in [1.82, 2.24) is 4.72 Å². The Morgan fingerprint density at radius 3 is 2.57 bits per heavy atom. The van der Waals surface area contributed by atoms with Gasteiger partial charge in [-0.25, -0.2) is 13.1 Å². The first-order valence-electron chi connectivity index (χ1n) is 6.21. The van der Waals surface area contributed by atoms with Crippen LogP contribution in [-0.4, -0.2) is 26.2 Å². The average Bonchev–Trinajstić information content (AvgIpc) is 2.85. The summed E-state index contributed by atoms with van der Waals surface area (Å²) in [5, 5.41) is 8.97. The van der Waals surface area contributed by atoms with Crippen LogP contribution in [0, 0.1) is 5.92 Å². The molecule has 0 bridgehead atoms. The molecule has 1 aliphatic rings. The fourth-order valence-electron chi connectivity index (χ4n) is 2.10. The maximum absolute atomic E-state index is 12.6. The minimum Gasteiger partial charge on any atom is -0.396 e. The van der Waals surface area contributed by atoms with Gasteiger partial charge in [0.2, 0.25) is 10.0 Å². The Morgan fingerprint density at radius 2 is 2.00 bits per heavy atom. The minimum atomic E-state index is -4.60. The van der Waals surface area contributed by atoms with Crippen molar-refractivity contribution in [2.45, 2.75) is 23.5 Å². The zero-order valence-electron chi connectivity index (χ0n) is 10.8. The predicted molar refractivity (Wildman–Crippen MR) is 69.9 cm³/mol. The maximum atomic E-state index is 12.6. The summed E-state index contributed by atoms with van der Waals surface area (Å²) in [4.78, 5) is -0.432. The van der Waals surface area contributed by atoms with Crippen LogP contribution >= 0.6 is 0 Å². The molecule has 0 saturated heterocycles. The van der Waals surface area contributed by atoms with Crippen molar-refractivity contribution in [2.24, 2.45) is 5.92 Å². The number of benzene rings is 1. The molecule has 2 N–H and O–H groups in total. The molecular weight excluding hydrogens is 307 g/mol. The van der Waals surface area contributed by atoms with E-state index in [4.69, 9.17) is 5.11 Å². The van der Waals surface area contributed by atoms with Crippen LogP contribution in [0.2, 0.25) is 0 Å². The number of alkyl halides is 3. The molecule has 1 aromatic rings. The van der Waals surface area contributed by atoms with Crippen LogP contribution in [-0.2, 0) is 16.2 Å². The molecule has 0 radical (unpaired) electrons. The molecular formula is C13H14F3NO3S. The van der Waals surface area contributed by atoms with E-state index in [1.807, 2.05) is 0 Å². The summed E-state index contributed by atoms with van der Waals surface area (Å²) in [5.41, 5.74) is -1.01. The summed E-state index contributed by atoms with van der Waals surface area (Å²) in [6, 6.07) is 3.06. The highest BCUT2D eigenvalue weighted by molar-refractivity contribution is 7.89. The normalized spacial score (nSPS) is 22.7. The molecule has 2 rings (SSSR count). The molecule has 4 nitrogen and oxygen atoms in total. The fourth-order valence-corrected chi connectivity index (χ4v) is 3.35. The standard InChI is InChI=1S/C13H14F3NO3S/c14-13(15,16)10-2-1-3-12(7-10)21(19,20)17-11-5-4-9(6-11)8-18/h1-5,7,9,11,17-18H,6,8H2/t9-,11+/m0/s1. The smallest absolute Gasteiger partial charge is 0.396 e. The van der Waals surface area contributed by atoms with Gasteiger partial charge in [-0.15, -0.1) is 0 Å². The van der Waals surface area contributed by atoms with Gasteiger partial charge in [-0.2, -0.15) is 13.2 Å². The van der Waals surface area contributed by atoms with Gasteiger partial charge >= 0.3 is 6.18 Å². The van der Waals surface area contributed by atoms with Crippen molar-refractivity contribution in [3.05, 3.63) is 42.0 Å². The van der Waals surface area contributed by atoms with E-state index in [9.17, 15) is 21.6 Å². The second kappa shape index (κ2) is 5.78. The van der Waals surface area contributed by atoms with Crippen LogP contribution in [0.1, 0.15) is 12.0 Å². The first-order valence-corrected chi connectivity index (χ1v) is 7.69. The van der Waals surface area contributed by atoms with Crippen molar-refractivity contribution in [1.29, 1.82) is 0 Å². The second-order valence-corrected chi connectivity index (χ2v) is 6.53. The lowest BCUT2D eigenvalue weighted by Crippen LogP contribution is -2.33. The SMILES string of the molecule is O=S(=O)(N[C@@H]1C=C[C@H](CO)C1)c1cccc(C(F)(F)F)c1. The lowest BCUT2D eigenvalue weighted by molar-refractivity contribution is -0.137. The number of aliphatic hydroxyl groups is 1. The van der Waals surface area contributed by atoms with Crippen LogP contribution in [0.4, 0.5) is 13.2 Å². The summed E-state index contributed by atoms with van der Waals surface area (Å²) in [7, 11) is -4.04. The number of aliphatic hydroxyl groups excluding tert-OH is 1. The highest BCUT2D eigenvalue weighted by atomic mass is 32.2. The van der Waals surface area contributed by atoms with E-state index in [0.29, 0.717) is 12.5 Å². The van der Waals surface area contributed by atoms with Crippen LogP contribution in [0.5, 0.6) is 0 Å². The molecule has 116 valence electrons. The summed E-state index contributed by atoms with van der Waals surface area (Å²) in [6.07, 6.45) is -0.944. The van der Waals surface area contributed by atoms with Crippen LogP contribution < -0.4 is 4.72 Å². The van der Waals surface area contributed by atoms with Gasteiger partial charge in [0, 0.05) is 18.6 Å². The van der Waals surface area contributed by atoms with Crippen LogP contribution in [0.25, 0.3) is 0 Å². The second-order valence-electron chi connectivity index (χ2n) is 4.82. The third kappa shape index (κ3) is 3.84. The third-order valence-electron chi connectivity index (χ3n) is 3.18. The maximum Gasteiger partial charge on any atom is 0.416 e. The van der Waals surface area contributed by atoms with Crippen LogP contribution in [0.15, 0.2) is 41.3 Å². The fraction of sp³-hybridized carbons (Fsp3) is 0.385. The Bertz CT molecular complexity index is 640. The summed E-state index contributed by atoms with van der Waals surface area (Å²) < 4.78 is 64.3. The quantitative estimate of drug-likeness (QED) is 0.833. The molecule has 0 aliphatic heterocycles. The highest BCUT2D eigenvalue weighted by Crippen LogP contribution is 2.30. The van der Waals surface area contributed by atoms with Gasteiger partial charge in [0.1, 0.15) is 0 Å². The largest absolute Gasteiger partial charge is 0.416 e. The first kappa shape index (κ1) is 16.0. The first-order chi connectivity index (χ1) is 9.72. The van der Waals surface area contributed by atoms with Crippen molar-refractivity contribution in [3.8, 4) is 0 Å². The van der Waals surface area contributed by atoms with E-state index in [1.54, 1.807) is 12.2 Å². The number of hydrogen-bond acceptors (Lipinski definition) is 3. The third-order valence-corrected chi connectivity index (χ3v) is 4.67. The molecule has 8 heteroatoms. The number of halogens is 3. The van der Waals surface area contributed by atoms with E-state index in [2.05, 4.69) is 4.72 Å². The molecule has 0 aromatic heterocycles. The van der Waals surface area contributed by atoms with E-state index in [-0.39, 0.29) is 12.5 Å². The molecule has 0 saturated carbocycles. The lowest BCUT2D eigenvalue weighted by Gasteiger charge is -2.14. The topological polar surface area (TPSA) is 66.4 Å². The predicted octanol–water partition coefficient (Wildman–Crippen LogP) is 1.92. The molecule has 21 heavy (non-hydrogen) atoms. The van der Waals surface area contributed by atoms with Gasteiger partial charge in [0.25, 0.3) is 0 Å². The Kier molecular flexibility index (Phi) is 4.40. The molecule has 0 unspecified atom stereocenters. The van der Waals surface area contributed by atoms with Gasteiger partial charge in [-0.3, -0.25) is 0 Å². The molecule has 0 heterocycles. The molecule has 0 spiro atoms. The minimum absolute atomic E-state index is 0.0989. The summed E-state index contributed by atoms with van der Waals surface area (Å²) in [5.74, 6) is -0.140. The van der Waals surface area contributed by atoms with Gasteiger partial charge in [-0.05, 0) is 24.6 Å². The molecule has 0 amide bonds. The number of hydrogen-bond donors (Lipinski definition) is 2. The van der Waals surface area contributed by atoms with Gasteiger partial charge in [0.05, 0.1) is 10.5 Å². The summed E-state index contributed by atoms with van der Waals surface area (Å²) in [6.45, 7) is -0.0989. The Labute approximate surface area is 120 Å². The Morgan fingerprint density at radius 1 is 1.29 bits per heavy atom. The van der Waals surface area contributed by atoms with Crippen molar-refractivity contribution in [2.75, 3.05) is 6.61 Å². The van der Waals surface area contributed by atoms with E-state index in [1.165, 1.54) is 0 Å². The monoisotopic (exact) mass is 321 g/mol. The van der Waals surface area contributed by atoms with Gasteiger partial charge < -0.3 is 5.11 Å². The van der Waals surface area contributed by atoms with Crippen molar-refractivity contribution < 1.29 is 26.7 Å². The van der Waals surface area contributed by atoms with Crippen molar-refractivity contribution >= 4 is 10.0 Å². The molecule has 1 aliphatic carbocycles. The number of rotatable bonds is 4. The van der Waals surface area contributed by atoms with Crippen molar-refractivity contribution in [3.63, 3.8) is 0 Å². The van der Waals surface area contributed by atoms with Crippen LogP contribution in [0.3, 0.4) is 0 Å². The van der Waals surface area contributed by atoms with Gasteiger partial charge in [0.15, 0.2) is 0 Å². The molecule has 1 aromatic carbocycles. The number of sulfonamides is 1. The lowest BCUT2D eigenvalue weighted by atomic mass is 10.1. The van der Waals surface area contributed by atoms with E-state index < -0.39 is 32.7 Å². The Hall–Kier alpha value is -1.38.